The topological polar surface area (TPSA) is 53.7 Å². The van der Waals surface area contributed by atoms with Crippen molar-refractivity contribution in [2.75, 3.05) is 13.6 Å². The van der Waals surface area contributed by atoms with Crippen molar-refractivity contribution in [3.05, 3.63) is 40.1 Å². The minimum Gasteiger partial charge on any atom is -0.478 e. The Balaban J connectivity index is 2.26. The summed E-state index contributed by atoms with van der Waals surface area (Å²) in [6.45, 7) is 1.67. The van der Waals surface area contributed by atoms with Gasteiger partial charge >= 0.3 is 5.97 Å². The van der Waals surface area contributed by atoms with Crippen LogP contribution in [0, 0.1) is 0 Å². The number of benzene rings is 1. The molecule has 0 atom stereocenters. The Morgan fingerprint density at radius 3 is 3.05 bits per heavy atom. The highest BCUT2D eigenvalue weighted by molar-refractivity contribution is 6.35. The number of likely N-dealkylation sites (N-methyl/N-ethyl adjacent to an activating group) is 1. The van der Waals surface area contributed by atoms with Crippen molar-refractivity contribution in [3.8, 4) is 0 Å². The van der Waals surface area contributed by atoms with Gasteiger partial charge in [-0.2, -0.15) is 0 Å². The highest BCUT2D eigenvalue weighted by atomic mass is 35.5. The van der Waals surface area contributed by atoms with Crippen LogP contribution in [0.4, 0.5) is 0 Å². The highest BCUT2D eigenvalue weighted by Crippen LogP contribution is 2.36. The number of carboxylic acid groups (broad SMARTS) is 1. The molecule has 0 fully saturated rings. The van der Waals surface area contributed by atoms with Gasteiger partial charge in [0.2, 0.25) is 0 Å². The number of halogens is 1. The van der Waals surface area contributed by atoms with Crippen molar-refractivity contribution >= 4 is 34.6 Å². The molecule has 0 amide bonds. The zero-order valence-corrected chi connectivity index (χ0v) is 11.8. The summed E-state index contributed by atoms with van der Waals surface area (Å²) in [4.78, 5) is 12.9. The van der Waals surface area contributed by atoms with Crippen molar-refractivity contribution in [1.29, 1.82) is 0 Å². The first kappa shape index (κ1) is 13.2. The number of hydrogen-bond acceptors (Lipinski definition) is 3. The van der Waals surface area contributed by atoms with Crippen LogP contribution >= 0.6 is 11.6 Å². The van der Waals surface area contributed by atoms with Gasteiger partial charge in [-0.15, -0.1) is 0 Å². The van der Waals surface area contributed by atoms with E-state index < -0.39 is 5.97 Å². The van der Waals surface area contributed by atoms with E-state index in [1.807, 2.05) is 19.2 Å². The van der Waals surface area contributed by atoms with Crippen LogP contribution in [0.15, 0.2) is 22.6 Å². The molecule has 1 aliphatic heterocycles. The summed E-state index contributed by atoms with van der Waals surface area (Å²) in [5, 5.41) is 10.4. The van der Waals surface area contributed by atoms with E-state index in [0.717, 1.165) is 36.5 Å². The lowest BCUT2D eigenvalue weighted by molar-refractivity contribution is -0.131. The lowest BCUT2D eigenvalue weighted by Crippen LogP contribution is -2.18. The van der Waals surface area contributed by atoms with Gasteiger partial charge in [0.05, 0.1) is 5.02 Å². The van der Waals surface area contributed by atoms with Crippen LogP contribution in [0.3, 0.4) is 0 Å². The fraction of sp³-hybridized carbons (Fsp3) is 0.267. The van der Waals surface area contributed by atoms with Gasteiger partial charge < -0.3 is 14.4 Å². The minimum absolute atomic E-state index is 0.560. The number of aliphatic carboxylic acids is 1. The molecule has 0 bridgehead atoms. The predicted octanol–water partition coefficient (Wildman–Crippen LogP) is 3.17. The summed E-state index contributed by atoms with van der Waals surface area (Å²) in [6.07, 6.45) is 3.52. The molecule has 4 nitrogen and oxygen atoms in total. The van der Waals surface area contributed by atoms with Crippen LogP contribution in [0.2, 0.25) is 5.02 Å². The standard InChI is InChI=1S/C15H14ClNO3/c1-17-7-6-9-2-3-11(16)15-14(9)10(8-17)12(20-15)4-5-13(18)19/h2-5H,6-8H2,1H3,(H,18,19)/b5-4+. The van der Waals surface area contributed by atoms with Crippen LogP contribution < -0.4 is 0 Å². The summed E-state index contributed by atoms with van der Waals surface area (Å²) < 4.78 is 5.79. The van der Waals surface area contributed by atoms with E-state index >= 15 is 0 Å². The fourth-order valence-corrected chi connectivity index (χ4v) is 2.83. The second-order valence-electron chi connectivity index (χ2n) is 5.01. The molecule has 1 N–H and O–H groups in total. The van der Waals surface area contributed by atoms with E-state index in [2.05, 4.69) is 4.90 Å². The molecule has 20 heavy (non-hydrogen) atoms. The van der Waals surface area contributed by atoms with Crippen LogP contribution in [0.5, 0.6) is 0 Å². The van der Waals surface area contributed by atoms with Gasteiger partial charge in [-0.05, 0) is 31.2 Å². The van der Waals surface area contributed by atoms with Gasteiger partial charge in [-0.1, -0.05) is 17.7 Å². The largest absolute Gasteiger partial charge is 0.478 e. The molecule has 0 saturated heterocycles. The molecule has 3 rings (SSSR count). The number of furan rings is 1. The summed E-state index contributed by atoms with van der Waals surface area (Å²) in [5.41, 5.74) is 2.86. The first-order valence-electron chi connectivity index (χ1n) is 6.38. The van der Waals surface area contributed by atoms with E-state index in [1.165, 1.54) is 11.6 Å². The van der Waals surface area contributed by atoms with Gasteiger partial charge in [0, 0.05) is 30.1 Å². The third kappa shape index (κ3) is 2.21. The highest BCUT2D eigenvalue weighted by Gasteiger charge is 2.22. The van der Waals surface area contributed by atoms with E-state index in [1.54, 1.807) is 0 Å². The van der Waals surface area contributed by atoms with Crippen LogP contribution in [0.25, 0.3) is 17.0 Å². The maximum atomic E-state index is 10.7. The SMILES string of the molecule is CN1CCc2ccc(Cl)c3oc(/C=C/C(=O)O)c(c23)C1. The Morgan fingerprint density at radius 2 is 2.30 bits per heavy atom. The lowest BCUT2D eigenvalue weighted by Gasteiger charge is -2.12. The molecule has 0 radical (unpaired) electrons. The average molecular weight is 292 g/mol. The van der Waals surface area contributed by atoms with Crippen molar-refractivity contribution < 1.29 is 14.3 Å². The van der Waals surface area contributed by atoms with Crippen molar-refractivity contribution in [3.63, 3.8) is 0 Å². The first-order valence-corrected chi connectivity index (χ1v) is 6.76. The monoisotopic (exact) mass is 291 g/mol. The Bertz CT molecular complexity index is 717. The summed E-state index contributed by atoms with van der Waals surface area (Å²) in [7, 11) is 2.04. The Labute approximate surface area is 121 Å². The fourth-order valence-electron chi connectivity index (χ4n) is 2.63. The van der Waals surface area contributed by atoms with E-state index in [9.17, 15) is 4.79 Å². The van der Waals surface area contributed by atoms with Crippen molar-refractivity contribution in [2.24, 2.45) is 0 Å². The molecule has 2 heterocycles. The molecule has 0 aliphatic carbocycles. The Kier molecular flexibility index (Phi) is 3.28. The molecule has 1 aromatic heterocycles. The van der Waals surface area contributed by atoms with E-state index in [4.69, 9.17) is 21.1 Å². The van der Waals surface area contributed by atoms with Gasteiger partial charge in [0.25, 0.3) is 0 Å². The van der Waals surface area contributed by atoms with E-state index in [-0.39, 0.29) is 0 Å². The molecule has 104 valence electrons. The second-order valence-corrected chi connectivity index (χ2v) is 5.42. The molecule has 0 saturated carbocycles. The molecule has 1 aliphatic rings. The second kappa shape index (κ2) is 4.96. The number of rotatable bonds is 2. The molecular formula is C15H14ClNO3. The predicted molar refractivity (Wildman–Crippen MR) is 77.9 cm³/mol. The molecule has 0 unspecified atom stereocenters. The summed E-state index contributed by atoms with van der Waals surface area (Å²) in [6, 6.07) is 3.86. The van der Waals surface area contributed by atoms with Crippen LogP contribution in [-0.4, -0.2) is 29.6 Å². The van der Waals surface area contributed by atoms with Gasteiger partial charge in [-0.25, -0.2) is 4.79 Å². The number of carbonyl (C=O) groups is 1. The zero-order valence-electron chi connectivity index (χ0n) is 11.0. The molecule has 5 heteroatoms. The smallest absolute Gasteiger partial charge is 0.328 e. The normalized spacial score (nSPS) is 15.9. The number of carboxylic acids is 1. The first-order chi connectivity index (χ1) is 9.56. The third-order valence-electron chi connectivity index (χ3n) is 3.58. The lowest BCUT2D eigenvalue weighted by atomic mass is 10.0. The molecule has 0 spiro atoms. The number of hydrogen-bond donors (Lipinski definition) is 1. The van der Waals surface area contributed by atoms with Gasteiger partial charge in [0.15, 0.2) is 5.58 Å². The Hall–Kier alpha value is -1.78. The zero-order chi connectivity index (χ0) is 14.3. The molecular weight excluding hydrogens is 278 g/mol. The van der Waals surface area contributed by atoms with Crippen LogP contribution in [-0.2, 0) is 17.8 Å². The molecule has 1 aromatic carbocycles. The summed E-state index contributed by atoms with van der Waals surface area (Å²) >= 11 is 6.20. The van der Waals surface area contributed by atoms with Crippen molar-refractivity contribution in [2.45, 2.75) is 13.0 Å². The van der Waals surface area contributed by atoms with E-state index in [0.29, 0.717) is 16.4 Å². The third-order valence-corrected chi connectivity index (χ3v) is 3.87. The molecule has 2 aromatic rings. The number of nitrogens with zero attached hydrogens (tertiary/aromatic N) is 1. The van der Waals surface area contributed by atoms with Gasteiger partial charge in [0.1, 0.15) is 5.76 Å². The van der Waals surface area contributed by atoms with Gasteiger partial charge in [-0.3, -0.25) is 0 Å². The van der Waals surface area contributed by atoms with Crippen molar-refractivity contribution in [1.82, 2.24) is 4.90 Å². The summed E-state index contributed by atoms with van der Waals surface area (Å²) in [5.74, 6) is -0.420. The maximum absolute atomic E-state index is 10.7. The minimum atomic E-state index is -0.994. The quantitative estimate of drug-likeness (QED) is 0.864. The maximum Gasteiger partial charge on any atom is 0.328 e. The Morgan fingerprint density at radius 1 is 1.50 bits per heavy atom. The van der Waals surface area contributed by atoms with Crippen LogP contribution in [0.1, 0.15) is 16.9 Å². The average Bonchev–Trinajstić information content (AvgIpc) is 2.66.